The third kappa shape index (κ3) is 3.89. The number of nitrogens with zero attached hydrogens (tertiary/aromatic N) is 2. The summed E-state index contributed by atoms with van der Waals surface area (Å²) in [6.45, 7) is -0.268. The van der Waals surface area contributed by atoms with Crippen molar-refractivity contribution in [3.05, 3.63) is 64.8 Å². The molecule has 1 amide bonds. The molecule has 0 atom stereocenters. The van der Waals surface area contributed by atoms with Gasteiger partial charge in [-0.05, 0) is 18.2 Å². The van der Waals surface area contributed by atoms with Gasteiger partial charge in [-0.15, -0.1) is 11.3 Å². The molecule has 0 unspecified atom stereocenters. The standard InChI is InChI=1S/C21H17F2N3O4S/c1-28-16-6-14-15(7-17(16)29-2)26(10-25-14)19-8-18(20(31-19)21(24)27)30-9-11-5-12(22)3-4-13(11)23/h3-8,10H,9H2,1-2H3,(H2,24,27). The van der Waals surface area contributed by atoms with Gasteiger partial charge in [0.15, 0.2) is 11.5 Å². The Balaban J connectivity index is 1.72. The average Bonchev–Trinajstić information content (AvgIpc) is 3.36. The number of methoxy groups -OCH3 is 2. The van der Waals surface area contributed by atoms with Crippen LogP contribution in [0.3, 0.4) is 0 Å². The first kappa shape index (κ1) is 20.6. The Kier molecular flexibility index (Phi) is 5.47. The molecule has 2 aromatic carbocycles. The lowest BCUT2D eigenvalue weighted by molar-refractivity contribution is 0.1000. The summed E-state index contributed by atoms with van der Waals surface area (Å²) in [5.41, 5.74) is 6.87. The van der Waals surface area contributed by atoms with Gasteiger partial charge in [0, 0.05) is 23.8 Å². The highest BCUT2D eigenvalue weighted by molar-refractivity contribution is 7.16. The van der Waals surface area contributed by atoms with Crippen molar-refractivity contribution < 1.29 is 27.8 Å². The van der Waals surface area contributed by atoms with Gasteiger partial charge in [-0.2, -0.15) is 0 Å². The second kappa shape index (κ2) is 8.23. The summed E-state index contributed by atoms with van der Waals surface area (Å²) in [5.74, 6) is -0.686. The lowest BCUT2D eigenvalue weighted by atomic mass is 10.2. The largest absolute Gasteiger partial charge is 0.493 e. The highest BCUT2D eigenvalue weighted by Gasteiger charge is 2.19. The van der Waals surface area contributed by atoms with Gasteiger partial charge in [0.2, 0.25) is 0 Å². The number of fused-ring (bicyclic) bond motifs is 1. The van der Waals surface area contributed by atoms with Gasteiger partial charge in [0.05, 0.1) is 25.3 Å². The molecular formula is C21H17F2N3O4S. The number of imidazole rings is 1. The minimum Gasteiger partial charge on any atom is -0.493 e. The molecule has 2 aromatic heterocycles. The van der Waals surface area contributed by atoms with E-state index in [4.69, 9.17) is 19.9 Å². The van der Waals surface area contributed by atoms with E-state index in [9.17, 15) is 13.6 Å². The van der Waals surface area contributed by atoms with Crippen LogP contribution in [0.25, 0.3) is 16.0 Å². The first-order valence-corrected chi connectivity index (χ1v) is 9.82. The zero-order valence-corrected chi connectivity index (χ0v) is 17.3. The number of primary amides is 1. The second-order valence-electron chi connectivity index (χ2n) is 6.48. The Hall–Kier alpha value is -3.66. The summed E-state index contributed by atoms with van der Waals surface area (Å²) >= 11 is 1.09. The maximum absolute atomic E-state index is 13.9. The second-order valence-corrected chi connectivity index (χ2v) is 7.51. The van der Waals surface area contributed by atoms with Gasteiger partial charge >= 0.3 is 0 Å². The number of thiophene rings is 1. The number of carbonyl (C=O) groups is 1. The van der Waals surface area contributed by atoms with Gasteiger partial charge in [-0.25, -0.2) is 13.8 Å². The zero-order chi connectivity index (χ0) is 22.1. The Morgan fingerprint density at radius 1 is 1.10 bits per heavy atom. The lowest BCUT2D eigenvalue weighted by Crippen LogP contribution is -2.10. The fraction of sp³-hybridized carbons (Fsp3) is 0.143. The number of ether oxygens (including phenoxy) is 3. The molecule has 31 heavy (non-hydrogen) atoms. The van der Waals surface area contributed by atoms with Gasteiger partial charge in [-0.1, -0.05) is 0 Å². The van der Waals surface area contributed by atoms with E-state index in [2.05, 4.69) is 4.98 Å². The lowest BCUT2D eigenvalue weighted by Gasteiger charge is -2.08. The average molecular weight is 445 g/mol. The highest BCUT2D eigenvalue weighted by Crippen LogP contribution is 2.37. The quantitative estimate of drug-likeness (QED) is 0.464. The predicted octanol–water partition coefficient (Wildman–Crippen LogP) is 4.06. The van der Waals surface area contributed by atoms with E-state index in [0.717, 1.165) is 29.5 Å². The van der Waals surface area contributed by atoms with Gasteiger partial charge in [0.1, 0.15) is 40.2 Å². The molecule has 0 saturated heterocycles. The number of nitrogens with two attached hydrogens (primary N) is 1. The summed E-state index contributed by atoms with van der Waals surface area (Å²) in [4.78, 5) is 16.5. The van der Waals surface area contributed by atoms with Crippen molar-refractivity contribution in [3.8, 4) is 22.2 Å². The molecule has 0 aliphatic carbocycles. The number of hydrogen-bond donors (Lipinski definition) is 1. The van der Waals surface area contributed by atoms with E-state index < -0.39 is 17.5 Å². The van der Waals surface area contributed by atoms with Crippen LogP contribution in [0.1, 0.15) is 15.2 Å². The molecule has 0 saturated carbocycles. The van der Waals surface area contributed by atoms with E-state index in [1.165, 1.54) is 14.2 Å². The van der Waals surface area contributed by atoms with E-state index >= 15 is 0 Å². The number of halogens is 2. The van der Waals surface area contributed by atoms with Crippen molar-refractivity contribution in [1.82, 2.24) is 9.55 Å². The SMILES string of the molecule is COc1cc2ncn(-c3cc(OCc4cc(F)ccc4F)c(C(N)=O)s3)c2cc1OC. The molecule has 2 heterocycles. The summed E-state index contributed by atoms with van der Waals surface area (Å²) < 4.78 is 45.3. The molecule has 4 rings (SSSR count). The Labute approximate surface area is 179 Å². The maximum Gasteiger partial charge on any atom is 0.262 e. The zero-order valence-electron chi connectivity index (χ0n) is 16.5. The van der Waals surface area contributed by atoms with Crippen LogP contribution in [0.4, 0.5) is 8.78 Å². The highest BCUT2D eigenvalue weighted by atomic mass is 32.1. The molecule has 0 radical (unpaired) electrons. The van der Waals surface area contributed by atoms with Crippen LogP contribution in [-0.4, -0.2) is 29.7 Å². The van der Waals surface area contributed by atoms with E-state index in [1.54, 1.807) is 29.1 Å². The van der Waals surface area contributed by atoms with Crippen LogP contribution in [0.2, 0.25) is 0 Å². The molecule has 160 valence electrons. The van der Waals surface area contributed by atoms with Crippen LogP contribution in [-0.2, 0) is 6.61 Å². The maximum atomic E-state index is 13.9. The minimum atomic E-state index is -0.699. The predicted molar refractivity (Wildman–Crippen MR) is 111 cm³/mol. The van der Waals surface area contributed by atoms with Crippen molar-refractivity contribution in [2.24, 2.45) is 5.73 Å². The topological polar surface area (TPSA) is 88.6 Å². The fourth-order valence-corrected chi connectivity index (χ4v) is 4.02. The molecule has 0 aliphatic rings. The number of hydrogen-bond acceptors (Lipinski definition) is 6. The van der Waals surface area contributed by atoms with Crippen LogP contribution in [0, 0.1) is 11.6 Å². The van der Waals surface area contributed by atoms with Crippen molar-refractivity contribution in [2.45, 2.75) is 6.61 Å². The molecule has 0 fully saturated rings. The first-order chi connectivity index (χ1) is 14.9. The van der Waals surface area contributed by atoms with Crippen molar-refractivity contribution >= 4 is 28.3 Å². The van der Waals surface area contributed by atoms with E-state index in [-0.39, 0.29) is 22.8 Å². The summed E-state index contributed by atoms with van der Waals surface area (Å²) in [7, 11) is 3.06. The normalized spacial score (nSPS) is 11.0. The number of amides is 1. The third-order valence-electron chi connectivity index (χ3n) is 4.59. The molecule has 7 nitrogen and oxygen atoms in total. The van der Waals surface area contributed by atoms with Crippen LogP contribution >= 0.6 is 11.3 Å². The fourth-order valence-electron chi connectivity index (χ4n) is 3.08. The minimum absolute atomic E-state index is 0.0214. The van der Waals surface area contributed by atoms with Crippen molar-refractivity contribution in [1.29, 1.82) is 0 Å². The molecule has 0 aliphatic heterocycles. The molecule has 10 heteroatoms. The first-order valence-electron chi connectivity index (χ1n) is 9.01. The number of carbonyl (C=O) groups excluding carboxylic acids is 1. The monoisotopic (exact) mass is 445 g/mol. The number of aromatic nitrogens is 2. The molecular weight excluding hydrogens is 428 g/mol. The third-order valence-corrected chi connectivity index (χ3v) is 5.72. The van der Waals surface area contributed by atoms with Crippen LogP contribution in [0.5, 0.6) is 17.2 Å². The Morgan fingerprint density at radius 2 is 1.84 bits per heavy atom. The summed E-state index contributed by atoms with van der Waals surface area (Å²) in [6.07, 6.45) is 1.58. The number of benzene rings is 2. The summed E-state index contributed by atoms with van der Waals surface area (Å²) in [6, 6.07) is 8.16. The van der Waals surface area contributed by atoms with Crippen molar-refractivity contribution in [3.63, 3.8) is 0 Å². The Morgan fingerprint density at radius 3 is 2.55 bits per heavy atom. The van der Waals surface area contributed by atoms with Crippen LogP contribution < -0.4 is 19.9 Å². The molecule has 2 N–H and O–H groups in total. The molecule has 4 aromatic rings. The van der Waals surface area contributed by atoms with Gasteiger partial charge in [0.25, 0.3) is 5.91 Å². The molecule has 0 bridgehead atoms. The van der Waals surface area contributed by atoms with Gasteiger partial charge < -0.3 is 19.9 Å². The Bertz CT molecular complexity index is 1290. The smallest absolute Gasteiger partial charge is 0.262 e. The van der Waals surface area contributed by atoms with E-state index in [0.29, 0.717) is 27.5 Å². The van der Waals surface area contributed by atoms with Gasteiger partial charge in [-0.3, -0.25) is 9.36 Å². The van der Waals surface area contributed by atoms with Crippen molar-refractivity contribution in [2.75, 3.05) is 14.2 Å². The molecule has 0 spiro atoms. The van der Waals surface area contributed by atoms with E-state index in [1.807, 2.05) is 0 Å². The van der Waals surface area contributed by atoms with Crippen LogP contribution in [0.15, 0.2) is 42.7 Å². The number of rotatable bonds is 7. The summed E-state index contributed by atoms with van der Waals surface area (Å²) in [5, 5.41) is 0.596.